The van der Waals surface area contributed by atoms with Crippen molar-refractivity contribution >= 4 is 42.3 Å². The van der Waals surface area contributed by atoms with Crippen molar-refractivity contribution in [3.05, 3.63) is 88.0 Å². The lowest BCUT2D eigenvalue weighted by molar-refractivity contribution is -0.385. The third-order valence-electron chi connectivity index (χ3n) is 9.77. The number of anilines is 2. The van der Waals surface area contributed by atoms with Gasteiger partial charge in [-0.1, -0.05) is 49.5 Å². The van der Waals surface area contributed by atoms with E-state index in [4.69, 9.17) is 14.2 Å². The van der Waals surface area contributed by atoms with Gasteiger partial charge < -0.3 is 24.2 Å². The Labute approximate surface area is 262 Å². The first-order valence-electron chi connectivity index (χ1n) is 15.1. The highest BCUT2D eigenvalue weighted by molar-refractivity contribution is 6.91. The molecular formula is C33H37N3O8Si. The Morgan fingerprint density at radius 3 is 2.51 bits per heavy atom. The van der Waals surface area contributed by atoms with Gasteiger partial charge in [0.1, 0.15) is 12.4 Å². The topological polar surface area (TPSA) is 132 Å². The number of hydrogen-bond acceptors (Lipinski definition) is 8. The molecule has 0 aliphatic carbocycles. The summed E-state index contributed by atoms with van der Waals surface area (Å²) >= 11 is 0. The highest BCUT2D eigenvalue weighted by Gasteiger charge is 2.66. The summed E-state index contributed by atoms with van der Waals surface area (Å²) in [6, 6.07) is 19.9. The van der Waals surface area contributed by atoms with Crippen LogP contribution in [0.2, 0.25) is 18.6 Å². The van der Waals surface area contributed by atoms with E-state index in [0.717, 1.165) is 16.5 Å². The molecule has 3 aliphatic heterocycles. The minimum absolute atomic E-state index is 0.0986. The average Bonchev–Trinajstić information content (AvgIpc) is 3.66. The molecule has 3 aliphatic rings. The number of rotatable bonds is 9. The van der Waals surface area contributed by atoms with Crippen LogP contribution in [0.25, 0.3) is 0 Å². The second-order valence-corrected chi connectivity index (χ2v) is 17.1. The Hall–Kier alpha value is -4.26. The van der Waals surface area contributed by atoms with Crippen LogP contribution in [0.15, 0.2) is 66.7 Å². The van der Waals surface area contributed by atoms with Crippen LogP contribution < -0.4 is 19.7 Å². The second-order valence-electron chi connectivity index (χ2n) is 12.5. The van der Waals surface area contributed by atoms with Gasteiger partial charge >= 0.3 is 6.09 Å². The van der Waals surface area contributed by atoms with Crippen LogP contribution in [-0.2, 0) is 26.4 Å². The molecule has 45 heavy (non-hydrogen) atoms. The molecule has 0 radical (unpaired) electrons. The van der Waals surface area contributed by atoms with Crippen molar-refractivity contribution in [1.82, 2.24) is 0 Å². The van der Waals surface area contributed by atoms with Gasteiger partial charge in [-0.15, -0.1) is 0 Å². The predicted molar refractivity (Wildman–Crippen MR) is 171 cm³/mol. The van der Waals surface area contributed by atoms with E-state index in [-0.39, 0.29) is 36.2 Å². The molecule has 2 saturated heterocycles. The Bertz CT molecular complexity index is 1650. The number of ether oxygens (including phenoxy) is 3. The van der Waals surface area contributed by atoms with Crippen LogP contribution in [0.5, 0.6) is 5.75 Å². The summed E-state index contributed by atoms with van der Waals surface area (Å²) in [6.07, 6.45) is -0.539. The molecule has 2 fully saturated rings. The fourth-order valence-corrected chi connectivity index (χ4v) is 11.7. The van der Waals surface area contributed by atoms with Crippen LogP contribution in [0.4, 0.5) is 21.9 Å². The van der Waals surface area contributed by atoms with Gasteiger partial charge in [0, 0.05) is 35.9 Å². The molecule has 12 heteroatoms. The van der Waals surface area contributed by atoms with E-state index in [1.54, 1.807) is 23.0 Å². The third kappa shape index (κ3) is 4.97. The van der Waals surface area contributed by atoms with E-state index in [1.165, 1.54) is 12.1 Å². The van der Waals surface area contributed by atoms with Gasteiger partial charge in [0.15, 0.2) is 5.60 Å². The third-order valence-corrected chi connectivity index (χ3v) is 14.1. The summed E-state index contributed by atoms with van der Waals surface area (Å²) < 4.78 is 17.3. The molecule has 1 N–H and O–H groups in total. The van der Waals surface area contributed by atoms with Crippen LogP contribution in [0.3, 0.4) is 0 Å². The number of aliphatic hydroxyl groups is 1. The number of cyclic esters (lactones) is 1. The Balaban J connectivity index is 1.43. The first-order chi connectivity index (χ1) is 21.5. The van der Waals surface area contributed by atoms with Gasteiger partial charge in [0.2, 0.25) is 0 Å². The molecule has 0 aromatic heterocycles. The van der Waals surface area contributed by atoms with E-state index in [0.29, 0.717) is 36.5 Å². The maximum absolute atomic E-state index is 14.8. The summed E-state index contributed by atoms with van der Waals surface area (Å²) in [4.78, 5) is 41.7. The Kier molecular flexibility index (Phi) is 7.92. The van der Waals surface area contributed by atoms with Crippen LogP contribution in [-0.4, -0.2) is 63.1 Å². The zero-order chi connectivity index (χ0) is 32.1. The summed E-state index contributed by atoms with van der Waals surface area (Å²) in [6.45, 7) is 7.28. The summed E-state index contributed by atoms with van der Waals surface area (Å²) in [5.74, 6) is 0.0967. The van der Waals surface area contributed by atoms with Crippen LogP contribution >= 0.6 is 0 Å². The summed E-state index contributed by atoms with van der Waals surface area (Å²) in [7, 11) is -0.775. The minimum Gasteiger partial charge on any atom is -0.497 e. The first-order valence-corrected chi connectivity index (χ1v) is 18.2. The number of aliphatic hydroxyl groups excluding tert-OH is 1. The van der Waals surface area contributed by atoms with Crippen molar-refractivity contribution in [2.24, 2.45) is 5.92 Å². The van der Waals surface area contributed by atoms with Crippen molar-refractivity contribution in [3.63, 3.8) is 0 Å². The fraction of sp³-hybridized carbons (Fsp3) is 0.394. The molecule has 6 rings (SSSR count). The molecular weight excluding hydrogens is 594 g/mol. The zero-order valence-electron chi connectivity index (χ0n) is 25.8. The molecule has 0 saturated carbocycles. The van der Waals surface area contributed by atoms with Crippen molar-refractivity contribution < 1.29 is 33.8 Å². The molecule has 2 amide bonds. The number of carbonyl (C=O) groups is 2. The maximum atomic E-state index is 14.8. The SMILES string of the molecule is COc1ccc([Si](C)(C)[C@H]2[C@H](CCO)O[C@@]3(C(=O)N(Cc4cccc(N5CCOC5=O)c4)c4ccc([N+](=O)[O-])cc43)[C@@H]2C)cc1. The highest BCUT2D eigenvalue weighted by atomic mass is 28.3. The number of benzene rings is 3. The van der Waals surface area contributed by atoms with E-state index in [2.05, 4.69) is 25.2 Å². The number of nitro groups is 1. The molecule has 3 aromatic rings. The number of nitrogens with zero attached hydrogens (tertiary/aromatic N) is 3. The van der Waals surface area contributed by atoms with Gasteiger partial charge in [0.25, 0.3) is 11.6 Å². The molecule has 4 atom stereocenters. The number of fused-ring (bicyclic) bond motifs is 2. The fourth-order valence-electron chi connectivity index (χ4n) is 7.60. The monoisotopic (exact) mass is 631 g/mol. The smallest absolute Gasteiger partial charge is 0.414 e. The predicted octanol–water partition coefficient (Wildman–Crippen LogP) is 4.71. The summed E-state index contributed by atoms with van der Waals surface area (Å²) in [5, 5.41) is 23.2. The zero-order valence-corrected chi connectivity index (χ0v) is 26.8. The van der Waals surface area contributed by atoms with Crippen LogP contribution in [0, 0.1) is 16.0 Å². The van der Waals surface area contributed by atoms with Gasteiger partial charge in [0.05, 0.1) is 45.0 Å². The average molecular weight is 632 g/mol. The van der Waals surface area contributed by atoms with Gasteiger partial charge in [-0.25, -0.2) is 4.79 Å². The maximum Gasteiger partial charge on any atom is 0.414 e. The van der Waals surface area contributed by atoms with Crippen molar-refractivity contribution in [2.45, 2.75) is 50.2 Å². The van der Waals surface area contributed by atoms with E-state index in [9.17, 15) is 24.8 Å². The molecule has 3 heterocycles. The van der Waals surface area contributed by atoms with E-state index >= 15 is 0 Å². The van der Waals surface area contributed by atoms with Crippen molar-refractivity contribution in [1.29, 1.82) is 0 Å². The first kappa shape index (κ1) is 30.7. The van der Waals surface area contributed by atoms with Gasteiger partial charge in [-0.2, -0.15) is 0 Å². The summed E-state index contributed by atoms with van der Waals surface area (Å²) in [5.41, 5.74) is 0.777. The van der Waals surface area contributed by atoms with Crippen LogP contribution in [0.1, 0.15) is 24.5 Å². The molecule has 3 aromatic carbocycles. The number of hydrogen-bond donors (Lipinski definition) is 1. The standard InChI is InChI=1S/C33H37N3O8Si/c1-21-30(45(3,4)26-11-9-25(42-2)10-12-26)29(14-16-37)44-33(21)27-19-24(36(40)41)8-13-28(27)35(31(33)38)20-22-6-5-7-23(18-22)34-15-17-43-32(34)39/h5-13,18-19,21,29-30,37H,14-17,20H2,1-4H3/t21-,29+,30-,33+/m1/s1. The van der Waals surface area contributed by atoms with Crippen molar-refractivity contribution in [3.8, 4) is 5.75 Å². The molecule has 0 unspecified atom stereocenters. The Morgan fingerprint density at radius 2 is 1.87 bits per heavy atom. The molecule has 236 valence electrons. The van der Waals surface area contributed by atoms with Crippen molar-refractivity contribution in [2.75, 3.05) is 36.7 Å². The van der Waals surface area contributed by atoms with Gasteiger partial charge in [-0.05, 0) is 47.9 Å². The lowest BCUT2D eigenvalue weighted by atomic mass is 9.82. The number of amides is 2. The van der Waals surface area contributed by atoms with Gasteiger partial charge in [-0.3, -0.25) is 19.8 Å². The lowest BCUT2D eigenvalue weighted by Gasteiger charge is -2.37. The largest absolute Gasteiger partial charge is 0.497 e. The Morgan fingerprint density at radius 1 is 1.11 bits per heavy atom. The van der Waals surface area contributed by atoms with E-state index < -0.39 is 30.8 Å². The molecule has 0 bridgehead atoms. The number of non-ortho nitro benzene ring substituents is 1. The second kappa shape index (κ2) is 11.6. The number of nitro benzene ring substituents is 1. The lowest BCUT2D eigenvalue weighted by Crippen LogP contribution is -2.51. The minimum atomic E-state index is -2.40. The van der Waals surface area contributed by atoms with E-state index in [1.807, 2.05) is 43.3 Å². The molecule has 1 spiro atoms. The normalized spacial score (nSPS) is 24.3. The molecule has 11 nitrogen and oxygen atoms in total. The highest BCUT2D eigenvalue weighted by Crippen LogP contribution is 2.60. The number of methoxy groups -OCH3 is 1. The quantitative estimate of drug-likeness (QED) is 0.204. The number of carbonyl (C=O) groups excluding carboxylic acids is 2.